The number of amides is 1. The highest BCUT2D eigenvalue weighted by molar-refractivity contribution is 6.20. The molecule has 0 aliphatic carbocycles. The molecule has 0 saturated carbocycles. The van der Waals surface area contributed by atoms with Crippen LogP contribution in [-0.4, -0.2) is 23.9 Å². The highest BCUT2D eigenvalue weighted by atomic mass is 35.5. The van der Waals surface area contributed by atoms with Crippen molar-refractivity contribution in [1.82, 2.24) is 5.32 Å². The lowest BCUT2D eigenvalue weighted by Crippen LogP contribution is -2.29. The van der Waals surface area contributed by atoms with Crippen LogP contribution in [0.25, 0.3) is 0 Å². The fraction of sp³-hybridized carbons (Fsp3) is 0.500. The van der Waals surface area contributed by atoms with Crippen LogP contribution in [0.15, 0.2) is 24.3 Å². The van der Waals surface area contributed by atoms with Crippen LogP contribution in [0.3, 0.4) is 0 Å². The van der Waals surface area contributed by atoms with Crippen molar-refractivity contribution >= 4 is 17.5 Å². The number of rotatable bonds is 6. The third kappa shape index (κ3) is 4.96. The van der Waals surface area contributed by atoms with Gasteiger partial charge in [0.1, 0.15) is 5.75 Å². The molecule has 1 N–H and O–H groups in total. The van der Waals surface area contributed by atoms with Gasteiger partial charge in [0.2, 0.25) is 0 Å². The van der Waals surface area contributed by atoms with Crippen molar-refractivity contribution in [2.45, 2.75) is 38.7 Å². The summed E-state index contributed by atoms with van der Waals surface area (Å²) >= 11 is 5.94. The number of hydrogen-bond acceptors (Lipinski definition) is 2. The fourth-order valence-corrected chi connectivity index (χ4v) is 1.48. The third-order valence-corrected chi connectivity index (χ3v) is 2.88. The van der Waals surface area contributed by atoms with E-state index in [0.717, 1.165) is 12.2 Å². The van der Waals surface area contributed by atoms with Crippen LogP contribution in [0, 0.1) is 0 Å². The Labute approximate surface area is 113 Å². The van der Waals surface area contributed by atoms with E-state index in [1.165, 1.54) is 0 Å². The van der Waals surface area contributed by atoms with Crippen molar-refractivity contribution in [2.24, 2.45) is 0 Å². The Morgan fingerprint density at radius 1 is 1.33 bits per heavy atom. The normalized spacial score (nSPS) is 12.3. The molecule has 0 aromatic heterocycles. The lowest BCUT2D eigenvalue weighted by atomic mass is 10.2. The molecule has 0 spiro atoms. The van der Waals surface area contributed by atoms with Crippen molar-refractivity contribution in [3.8, 4) is 5.75 Å². The fourth-order valence-electron chi connectivity index (χ4n) is 1.41. The van der Waals surface area contributed by atoms with Crippen molar-refractivity contribution in [3.63, 3.8) is 0 Å². The Bertz CT molecular complexity index is 376. The summed E-state index contributed by atoms with van der Waals surface area (Å²) in [6.07, 6.45) is 0.967. The molecule has 1 unspecified atom stereocenters. The summed E-state index contributed by atoms with van der Waals surface area (Å²) in [6.45, 7) is 6.40. The van der Waals surface area contributed by atoms with Gasteiger partial charge in [-0.15, -0.1) is 11.6 Å². The van der Waals surface area contributed by atoms with E-state index in [4.69, 9.17) is 16.3 Å². The van der Waals surface area contributed by atoms with Gasteiger partial charge < -0.3 is 10.1 Å². The van der Waals surface area contributed by atoms with Crippen LogP contribution in [0.2, 0.25) is 0 Å². The molecule has 100 valence electrons. The maximum absolute atomic E-state index is 11.8. The first-order chi connectivity index (χ1) is 8.52. The molecule has 1 rings (SSSR count). The number of carbonyl (C=O) groups excluding carboxylic acids is 1. The Hall–Kier alpha value is -1.22. The zero-order valence-electron chi connectivity index (χ0n) is 11.1. The second-order valence-corrected chi connectivity index (χ2v) is 5.02. The first-order valence-electron chi connectivity index (χ1n) is 6.22. The molecule has 1 atom stereocenters. The minimum absolute atomic E-state index is 0.0162. The summed E-state index contributed by atoms with van der Waals surface area (Å²) in [4.78, 5) is 11.8. The monoisotopic (exact) mass is 269 g/mol. The van der Waals surface area contributed by atoms with Gasteiger partial charge in [-0.3, -0.25) is 4.79 Å². The van der Waals surface area contributed by atoms with Gasteiger partial charge in [0.25, 0.3) is 5.91 Å². The van der Waals surface area contributed by atoms with Crippen molar-refractivity contribution in [3.05, 3.63) is 29.8 Å². The molecule has 18 heavy (non-hydrogen) atoms. The van der Waals surface area contributed by atoms with Crippen LogP contribution >= 0.6 is 11.6 Å². The molecule has 0 radical (unpaired) electrons. The summed E-state index contributed by atoms with van der Waals surface area (Å²) in [5, 5.41) is 2.78. The SMILES string of the molecule is CCC(Cl)CNC(=O)c1ccc(OC(C)C)cc1. The van der Waals surface area contributed by atoms with E-state index in [0.29, 0.717) is 12.1 Å². The average Bonchev–Trinajstić information content (AvgIpc) is 2.35. The van der Waals surface area contributed by atoms with Gasteiger partial charge in [-0.05, 0) is 44.5 Å². The van der Waals surface area contributed by atoms with Crippen LogP contribution in [-0.2, 0) is 0 Å². The molecule has 0 aliphatic rings. The highest BCUT2D eigenvalue weighted by Crippen LogP contribution is 2.13. The lowest BCUT2D eigenvalue weighted by Gasteiger charge is -2.11. The molecule has 1 aromatic carbocycles. The van der Waals surface area contributed by atoms with Gasteiger partial charge in [-0.2, -0.15) is 0 Å². The predicted octanol–water partition coefficient (Wildman–Crippen LogP) is 3.22. The van der Waals surface area contributed by atoms with E-state index < -0.39 is 0 Å². The smallest absolute Gasteiger partial charge is 0.251 e. The largest absolute Gasteiger partial charge is 0.491 e. The number of alkyl halides is 1. The van der Waals surface area contributed by atoms with Gasteiger partial charge >= 0.3 is 0 Å². The Morgan fingerprint density at radius 2 is 1.94 bits per heavy atom. The summed E-state index contributed by atoms with van der Waals surface area (Å²) < 4.78 is 5.51. The molecule has 3 nitrogen and oxygen atoms in total. The molecule has 1 amide bonds. The maximum Gasteiger partial charge on any atom is 0.251 e. The van der Waals surface area contributed by atoms with Crippen LogP contribution in [0.1, 0.15) is 37.6 Å². The van der Waals surface area contributed by atoms with E-state index in [1.807, 2.05) is 20.8 Å². The molecule has 4 heteroatoms. The molecule has 0 heterocycles. The van der Waals surface area contributed by atoms with E-state index in [9.17, 15) is 4.79 Å². The quantitative estimate of drug-likeness (QED) is 0.806. The second kappa shape index (κ2) is 7.27. The predicted molar refractivity (Wildman–Crippen MR) is 74.5 cm³/mol. The van der Waals surface area contributed by atoms with Gasteiger partial charge in [-0.1, -0.05) is 6.92 Å². The van der Waals surface area contributed by atoms with E-state index in [2.05, 4.69) is 5.32 Å². The first kappa shape index (κ1) is 14.8. The number of halogens is 1. The van der Waals surface area contributed by atoms with E-state index in [-0.39, 0.29) is 17.4 Å². The van der Waals surface area contributed by atoms with Gasteiger partial charge in [-0.25, -0.2) is 0 Å². The van der Waals surface area contributed by atoms with Gasteiger partial charge in [0.15, 0.2) is 0 Å². The van der Waals surface area contributed by atoms with E-state index >= 15 is 0 Å². The molecular weight excluding hydrogens is 250 g/mol. The topological polar surface area (TPSA) is 38.3 Å². The zero-order valence-corrected chi connectivity index (χ0v) is 11.8. The number of carbonyl (C=O) groups is 1. The molecular formula is C14H20ClNO2. The van der Waals surface area contributed by atoms with Crippen LogP contribution < -0.4 is 10.1 Å². The highest BCUT2D eigenvalue weighted by Gasteiger charge is 2.08. The number of hydrogen-bond donors (Lipinski definition) is 1. The Balaban J connectivity index is 2.53. The van der Waals surface area contributed by atoms with Gasteiger partial charge in [0.05, 0.1) is 11.5 Å². The maximum atomic E-state index is 11.8. The first-order valence-corrected chi connectivity index (χ1v) is 6.65. The molecule has 0 bridgehead atoms. The molecule has 0 saturated heterocycles. The van der Waals surface area contributed by atoms with Crippen molar-refractivity contribution in [1.29, 1.82) is 0 Å². The summed E-state index contributed by atoms with van der Waals surface area (Å²) in [5.74, 6) is 0.663. The van der Waals surface area contributed by atoms with Crippen LogP contribution in [0.5, 0.6) is 5.75 Å². The second-order valence-electron chi connectivity index (χ2n) is 4.41. The lowest BCUT2D eigenvalue weighted by molar-refractivity contribution is 0.0953. The minimum atomic E-state index is -0.106. The van der Waals surface area contributed by atoms with Crippen molar-refractivity contribution < 1.29 is 9.53 Å². The number of benzene rings is 1. The average molecular weight is 270 g/mol. The number of ether oxygens (including phenoxy) is 1. The van der Waals surface area contributed by atoms with E-state index in [1.54, 1.807) is 24.3 Å². The zero-order chi connectivity index (χ0) is 13.5. The number of nitrogens with one attached hydrogen (secondary N) is 1. The van der Waals surface area contributed by atoms with Crippen LogP contribution in [0.4, 0.5) is 0 Å². The molecule has 1 aromatic rings. The molecule has 0 fully saturated rings. The minimum Gasteiger partial charge on any atom is -0.491 e. The summed E-state index contributed by atoms with van der Waals surface area (Å²) in [7, 11) is 0. The van der Waals surface area contributed by atoms with Gasteiger partial charge in [0, 0.05) is 12.1 Å². The Kier molecular flexibility index (Phi) is 5.99. The molecule has 0 aliphatic heterocycles. The third-order valence-electron chi connectivity index (χ3n) is 2.42. The Morgan fingerprint density at radius 3 is 2.44 bits per heavy atom. The summed E-state index contributed by atoms with van der Waals surface area (Å²) in [6, 6.07) is 7.10. The summed E-state index contributed by atoms with van der Waals surface area (Å²) in [5.41, 5.74) is 0.617. The standard InChI is InChI=1S/C14H20ClNO2/c1-4-12(15)9-16-14(17)11-5-7-13(8-6-11)18-10(2)3/h5-8,10,12H,4,9H2,1-3H3,(H,16,17). The van der Waals surface area contributed by atoms with Crippen molar-refractivity contribution in [2.75, 3.05) is 6.54 Å².